The lowest BCUT2D eigenvalue weighted by Crippen LogP contribution is -2.38. The van der Waals surface area contributed by atoms with Gasteiger partial charge in [0.2, 0.25) is 0 Å². The molecule has 1 aliphatic heterocycles. The van der Waals surface area contributed by atoms with E-state index in [-0.39, 0.29) is 11.6 Å². The molecule has 3 aromatic carbocycles. The van der Waals surface area contributed by atoms with Crippen molar-refractivity contribution >= 4 is 34.7 Å². The highest BCUT2D eigenvalue weighted by Gasteiger charge is 2.32. The average Bonchev–Trinajstić information content (AvgIpc) is 3.14. The minimum Gasteiger partial charge on any atom is -0.272 e. The molecule has 0 bridgehead atoms. The maximum atomic E-state index is 13.6. The number of hydrogen-bond acceptors (Lipinski definition) is 3. The third-order valence-corrected chi connectivity index (χ3v) is 7.39. The molecular formula is C27H19ClN2OS. The molecule has 0 fully saturated rings. The van der Waals surface area contributed by atoms with E-state index in [0.29, 0.717) is 9.55 Å². The van der Waals surface area contributed by atoms with Crippen LogP contribution in [0.15, 0.2) is 94.2 Å². The van der Waals surface area contributed by atoms with Crippen LogP contribution in [0, 0.1) is 0 Å². The lowest BCUT2D eigenvalue weighted by atomic mass is 9.83. The lowest BCUT2D eigenvalue weighted by molar-refractivity contribution is 0.585. The fourth-order valence-electron chi connectivity index (χ4n) is 4.67. The molecule has 0 N–H and O–H groups in total. The van der Waals surface area contributed by atoms with E-state index in [2.05, 4.69) is 36.4 Å². The molecule has 0 saturated carbocycles. The summed E-state index contributed by atoms with van der Waals surface area (Å²) in [6.45, 7) is 0. The summed E-state index contributed by atoms with van der Waals surface area (Å²) in [6.07, 6.45) is 3.79. The Hall–Kier alpha value is -3.21. The maximum Gasteiger partial charge on any atom is 0.271 e. The van der Waals surface area contributed by atoms with Crippen LogP contribution in [0.4, 0.5) is 0 Å². The zero-order chi connectivity index (χ0) is 21.7. The van der Waals surface area contributed by atoms with Crippen LogP contribution in [0.1, 0.15) is 34.7 Å². The third-order valence-electron chi connectivity index (χ3n) is 6.16. The molecule has 0 radical (unpaired) electrons. The maximum absolute atomic E-state index is 13.6. The van der Waals surface area contributed by atoms with Crippen molar-refractivity contribution in [3.8, 4) is 0 Å². The van der Waals surface area contributed by atoms with Gasteiger partial charge in [0.05, 0.1) is 16.3 Å². The number of hydrogen-bond donors (Lipinski definition) is 0. The standard InChI is InChI=1S/C27H19ClN2OS/c28-20-13-10-17(11-14-20)16-23-26(31)30-25(19-7-2-1-3-8-19)22-15-12-18-6-4-5-9-21(18)24(22)29-27(30)32-23/h1-11,13-14,16,25H,12,15H2/t25-/m1/s1. The predicted octanol–water partition coefficient (Wildman–Crippen LogP) is 4.97. The number of halogens is 1. The van der Waals surface area contributed by atoms with Crippen LogP contribution < -0.4 is 14.9 Å². The molecule has 0 amide bonds. The first-order valence-corrected chi connectivity index (χ1v) is 11.8. The number of aromatic nitrogens is 1. The summed E-state index contributed by atoms with van der Waals surface area (Å²) >= 11 is 7.48. The van der Waals surface area contributed by atoms with Crippen LogP contribution in [0.3, 0.4) is 0 Å². The van der Waals surface area contributed by atoms with E-state index in [1.165, 1.54) is 28.0 Å². The first-order valence-electron chi connectivity index (χ1n) is 10.6. The quantitative estimate of drug-likeness (QED) is 0.421. The Balaban J connectivity index is 1.62. The van der Waals surface area contributed by atoms with Crippen molar-refractivity contribution in [1.82, 2.24) is 4.57 Å². The van der Waals surface area contributed by atoms with Gasteiger partial charge in [-0.25, -0.2) is 4.99 Å². The van der Waals surface area contributed by atoms with Gasteiger partial charge in [-0.3, -0.25) is 9.36 Å². The van der Waals surface area contributed by atoms with Crippen LogP contribution in [0.5, 0.6) is 0 Å². The molecule has 5 heteroatoms. The number of aryl methyl sites for hydroxylation is 1. The van der Waals surface area contributed by atoms with Crippen molar-refractivity contribution in [2.75, 3.05) is 0 Å². The van der Waals surface area contributed by atoms with Crippen molar-refractivity contribution in [3.05, 3.63) is 131 Å². The van der Waals surface area contributed by atoms with Gasteiger partial charge in [0.1, 0.15) is 0 Å². The van der Waals surface area contributed by atoms with Gasteiger partial charge in [0.15, 0.2) is 4.80 Å². The van der Waals surface area contributed by atoms with E-state index < -0.39 is 0 Å². The summed E-state index contributed by atoms with van der Waals surface area (Å²) < 4.78 is 2.56. The van der Waals surface area contributed by atoms with Gasteiger partial charge in [-0.15, -0.1) is 0 Å². The Labute approximate surface area is 194 Å². The van der Waals surface area contributed by atoms with Gasteiger partial charge < -0.3 is 0 Å². The Bertz CT molecular complexity index is 1550. The molecule has 156 valence electrons. The number of thiazole rings is 1. The van der Waals surface area contributed by atoms with Gasteiger partial charge in [0.25, 0.3) is 5.56 Å². The van der Waals surface area contributed by atoms with E-state index in [4.69, 9.17) is 16.6 Å². The second-order valence-corrected chi connectivity index (χ2v) is 9.52. The van der Waals surface area contributed by atoms with Crippen molar-refractivity contribution in [1.29, 1.82) is 0 Å². The number of rotatable bonds is 2. The second-order valence-electron chi connectivity index (χ2n) is 8.08. The largest absolute Gasteiger partial charge is 0.272 e. The zero-order valence-electron chi connectivity index (χ0n) is 17.2. The van der Waals surface area contributed by atoms with Crippen LogP contribution in [0.2, 0.25) is 5.02 Å². The summed E-state index contributed by atoms with van der Waals surface area (Å²) in [5.41, 5.74) is 6.83. The first kappa shape index (κ1) is 19.5. The van der Waals surface area contributed by atoms with Gasteiger partial charge in [-0.1, -0.05) is 89.7 Å². The van der Waals surface area contributed by atoms with Crippen LogP contribution in [-0.2, 0) is 6.42 Å². The molecule has 32 heavy (non-hydrogen) atoms. The molecule has 0 spiro atoms. The Kier molecular flexibility index (Phi) is 4.71. The monoisotopic (exact) mass is 454 g/mol. The minimum atomic E-state index is -0.136. The van der Waals surface area contributed by atoms with Crippen molar-refractivity contribution in [2.24, 2.45) is 4.99 Å². The highest BCUT2D eigenvalue weighted by atomic mass is 35.5. The molecule has 4 aromatic rings. The number of allylic oxidation sites excluding steroid dienone is 1. The van der Waals surface area contributed by atoms with Gasteiger partial charge in [-0.05, 0) is 53.3 Å². The van der Waals surface area contributed by atoms with E-state index >= 15 is 0 Å². The molecule has 6 rings (SSSR count). The molecular weight excluding hydrogens is 436 g/mol. The molecule has 0 saturated heterocycles. The molecule has 1 aliphatic carbocycles. The SMILES string of the molecule is O=c1c(=Cc2ccc(Cl)cc2)sc2n1[C@H](c1ccccc1)C1=C(N=2)c2ccccc2CC1. The highest BCUT2D eigenvalue weighted by molar-refractivity contribution is 7.07. The molecule has 2 aliphatic rings. The van der Waals surface area contributed by atoms with E-state index in [1.54, 1.807) is 0 Å². The molecule has 0 unspecified atom stereocenters. The summed E-state index contributed by atoms with van der Waals surface area (Å²) in [5.74, 6) is 0. The smallest absolute Gasteiger partial charge is 0.271 e. The zero-order valence-corrected chi connectivity index (χ0v) is 18.7. The molecule has 3 nitrogen and oxygen atoms in total. The third kappa shape index (κ3) is 3.19. The topological polar surface area (TPSA) is 34.4 Å². The van der Waals surface area contributed by atoms with E-state index in [1.807, 2.05) is 53.1 Å². The molecule has 1 atom stereocenters. The van der Waals surface area contributed by atoms with Crippen LogP contribution in [0.25, 0.3) is 11.8 Å². The van der Waals surface area contributed by atoms with E-state index in [0.717, 1.165) is 34.5 Å². The van der Waals surface area contributed by atoms with Gasteiger partial charge >= 0.3 is 0 Å². The second kappa shape index (κ2) is 7.73. The normalized spacial score (nSPS) is 17.4. The molecule has 1 aromatic heterocycles. The number of benzene rings is 3. The van der Waals surface area contributed by atoms with Crippen molar-refractivity contribution in [3.63, 3.8) is 0 Å². The van der Waals surface area contributed by atoms with Crippen molar-refractivity contribution in [2.45, 2.75) is 18.9 Å². The first-order chi connectivity index (χ1) is 15.7. The molecule has 2 heterocycles. The summed E-state index contributed by atoms with van der Waals surface area (Å²) in [6, 6.07) is 26.2. The summed E-state index contributed by atoms with van der Waals surface area (Å²) in [4.78, 5) is 19.4. The highest BCUT2D eigenvalue weighted by Crippen LogP contribution is 2.41. The summed E-state index contributed by atoms with van der Waals surface area (Å²) in [5, 5.41) is 0.680. The number of nitrogens with zero attached hydrogens (tertiary/aromatic N) is 2. The Morgan fingerprint density at radius 2 is 1.69 bits per heavy atom. The Morgan fingerprint density at radius 1 is 0.938 bits per heavy atom. The van der Waals surface area contributed by atoms with Crippen LogP contribution in [-0.4, -0.2) is 4.57 Å². The minimum absolute atomic E-state index is 0.00274. The summed E-state index contributed by atoms with van der Waals surface area (Å²) in [7, 11) is 0. The average molecular weight is 455 g/mol. The number of fused-ring (bicyclic) bond motifs is 3. The lowest BCUT2D eigenvalue weighted by Gasteiger charge is -2.30. The van der Waals surface area contributed by atoms with Crippen LogP contribution >= 0.6 is 22.9 Å². The predicted molar refractivity (Wildman–Crippen MR) is 131 cm³/mol. The van der Waals surface area contributed by atoms with Gasteiger partial charge in [-0.2, -0.15) is 0 Å². The van der Waals surface area contributed by atoms with Crippen molar-refractivity contribution < 1.29 is 0 Å². The fraction of sp³-hybridized carbons (Fsp3) is 0.111. The van der Waals surface area contributed by atoms with E-state index in [9.17, 15) is 4.79 Å². The Morgan fingerprint density at radius 3 is 2.50 bits per heavy atom. The van der Waals surface area contributed by atoms with Gasteiger partial charge in [0, 0.05) is 10.6 Å². The fourth-order valence-corrected chi connectivity index (χ4v) is 5.80.